The third-order valence-electron chi connectivity index (χ3n) is 3.17. The molecular weight excluding hydrogens is 314 g/mol. The van der Waals surface area contributed by atoms with Crippen LogP contribution in [-0.2, 0) is 21.6 Å². The van der Waals surface area contributed by atoms with E-state index in [1.807, 2.05) is 41.5 Å². The zero-order chi connectivity index (χ0) is 15.9. The molecule has 0 aromatic heterocycles. The third kappa shape index (κ3) is 6.44. The van der Waals surface area contributed by atoms with E-state index in [-0.39, 0.29) is 74.1 Å². The fourth-order valence-electron chi connectivity index (χ4n) is 2.17. The molecule has 0 bridgehead atoms. The van der Waals surface area contributed by atoms with Gasteiger partial charge in [-0.2, -0.15) is 0 Å². The Hall–Kier alpha value is 0.806. The van der Waals surface area contributed by atoms with Crippen LogP contribution < -0.4 is 0 Å². The van der Waals surface area contributed by atoms with E-state index < -0.39 is 7.60 Å². The van der Waals surface area contributed by atoms with E-state index in [0.29, 0.717) is 16.7 Å². The third-order valence-corrected chi connectivity index (χ3v) is 3.95. The van der Waals surface area contributed by atoms with Crippen LogP contribution in [0.4, 0.5) is 0 Å². The van der Waals surface area contributed by atoms with Crippen LogP contribution in [0.5, 0.6) is 5.75 Å². The maximum absolute atomic E-state index is 11.2. The first kappa shape index (κ1) is 21.8. The van der Waals surface area contributed by atoms with Crippen LogP contribution in [-0.4, -0.2) is 66.3 Å². The van der Waals surface area contributed by atoms with E-state index in [2.05, 4.69) is 0 Å². The number of benzene rings is 1. The molecule has 6 heteroatoms. The molecule has 0 aliphatic heterocycles. The first-order valence-corrected chi connectivity index (χ1v) is 8.43. The molecule has 0 saturated carbocycles. The molecule has 0 saturated heterocycles. The van der Waals surface area contributed by atoms with Crippen molar-refractivity contribution in [2.45, 2.75) is 58.5 Å². The summed E-state index contributed by atoms with van der Waals surface area (Å²) >= 11 is 0. The van der Waals surface area contributed by atoms with Gasteiger partial charge in [0.05, 0.1) is 6.16 Å². The molecule has 1 aromatic rings. The smallest absolute Gasteiger partial charge is 0.329 e. The maximum Gasteiger partial charge on any atom is 0.329 e. The van der Waals surface area contributed by atoms with Crippen molar-refractivity contribution in [3.8, 4) is 5.75 Å². The van der Waals surface area contributed by atoms with E-state index in [1.165, 1.54) is 0 Å². The van der Waals surface area contributed by atoms with Crippen molar-refractivity contribution >= 4 is 59.0 Å². The summed E-state index contributed by atoms with van der Waals surface area (Å²) in [7, 11) is -4.13. The molecule has 115 valence electrons. The van der Waals surface area contributed by atoms with Crippen molar-refractivity contribution in [2.24, 2.45) is 0 Å². The quantitative estimate of drug-likeness (QED) is 0.571. The minimum Gasteiger partial charge on any atom is -0.507 e. The Morgan fingerprint density at radius 3 is 1.52 bits per heavy atom. The molecule has 0 aliphatic carbocycles. The first-order valence-electron chi connectivity index (χ1n) is 6.63. The number of phenols is 1. The summed E-state index contributed by atoms with van der Waals surface area (Å²) in [5.74, 6) is 0.222. The van der Waals surface area contributed by atoms with E-state index in [4.69, 9.17) is 0 Å². The zero-order valence-corrected chi connectivity index (χ0v) is 18.1. The molecule has 0 fully saturated rings. The molecule has 0 aliphatic rings. The average molecular weight is 339 g/mol. The van der Waals surface area contributed by atoms with E-state index >= 15 is 0 Å². The molecule has 0 atom stereocenters. The van der Waals surface area contributed by atoms with Crippen molar-refractivity contribution in [1.29, 1.82) is 0 Å². The van der Waals surface area contributed by atoms with Gasteiger partial charge in [0.2, 0.25) is 0 Å². The van der Waals surface area contributed by atoms with Crippen LogP contribution in [0.2, 0.25) is 0 Å². The monoisotopic (exact) mass is 339 g/mol. The molecule has 0 unspecified atom stereocenters. The van der Waals surface area contributed by atoms with Gasteiger partial charge in [-0.15, -0.1) is 0 Å². The number of rotatable bonds is 2. The van der Waals surface area contributed by atoms with Gasteiger partial charge in [0.1, 0.15) is 5.75 Å². The topological polar surface area (TPSA) is 77.8 Å². The Bertz CT molecular complexity index is 515. The average Bonchev–Trinajstić information content (AvgIpc) is 2.14. The zero-order valence-electron chi connectivity index (χ0n) is 14.1. The van der Waals surface area contributed by atoms with Gasteiger partial charge in [0, 0.05) is 51.4 Å². The maximum atomic E-state index is 11.2. The van der Waals surface area contributed by atoms with Gasteiger partial charge in [-0.3, -0.25) is 4.57 Å². The van der Waals surface area contributed by atoms with Gasteiger partial charge in [0.25, 0.3) is 0 Å². The molecule has 3 N–H and O–H groups in total. The molecule has 0 heterocycles. The largest absolute Gasteiger partial charge is 0.507 e. The van der Waals surface area contributed by atoms with Crippen molar-refractivity contribution < 1.29 is 19.5 Å². The van der Waals surface area contributed by atoms with Gasteiger partial charge in [0.15, 0.2) is 0 Å². The Kier molecular flexibility index (Phi) is 7.42. The van der Waals surface area contributed by atoms with E-state index in [0.717, 1.165) is 0 Å². The van der Waals surface area contributed by atoms with Gasteiger partial charge < -0.3 is 14.9 Å². The predicted octanol–water partition coefficient (Wildman–Crippen LogP) is 3.28. The second-order valence-corrected chi connectivity index (χ2v) is 9.01. The second kappa shape index (κ2) is 7.14. The molecule has 0 spiro atoms. The summed E-state index contributed by atoms with van der Waals surface area (Å²) in [6, 6.07) is 3.40. The van der Waals surface area contributed by atoms with Crippen LogP contribution in [0.25, 0.3) is 0 Å². The van der Waals surface area contributed by atoms with Gasteiger partial charge in [-0.05, 0) is 27.5 Å². The molecule has 21 heavy (non-hydrogen) atoms. The number of phenolic OH excluding ortho intramolecular Hbond substituents is 1. The molecule has 4 nitrogen and oxygen atoms in total. The number of hydrogen-bond acceptors (Lipinski definition) is 2. The molecule has 0 amide bonds. The molecule has 1 aromatic carbocycles. The van der Waals surface area contributed by atoms with Crippen molar-refractivity contribution in [3.63, 3.8) is 0 Å². The normalized spacial score (nSPS) is 13.0. The van der Waals surface area contributed by atoms with Gasteiger partial charge in [-0.25, -0.2) is 0 Å². The summed E-state index contributed by atoms with van der Waals surface area (Å²) in [5.41, 5.74) is 1.40. The van der Waals surface area contributed by atoms with Crippen molar-refractivity contribution in [2.75, 3.05) is 0 Å². The Balaban J connectivity index is 0.00000400. The fourth-order valence-corrected chi connectivity index (χ4v) is 2.83. The Labute approximate surface area is 169 Å². The van der Waals surface area contributed by atoms with E-state index in [1.54, 1.807) is 12.1 Å². The Morgan fingerprint density at radius 1 is 0.952 bits per heavy atom. The van der Waals surface area contributed by atoms with Crippen LogP contribution in [0.3, 0.4) is 0 Å². The number of aromatic hydroxyl groups is 1. The molecule has 1 radical (unpaired) electrons. The van der Waals surface area contributed by atoms with Crippen molar-refractivity contribution in [3.05, 3.63) is 28.8 Å². The summed E-state index contributed by atoms with van der Waals surface area (Å²) in [6.07, 6.45) is -0.306. The standard InChI is InChI=1S/C15H25O4P.K/c1-14(2,3)11-7-10(9-20(17,18)19)8-12(13(11)16)15(4,5)6;/h7-8,16H,9H2,1-6H3,(H2,17,18,19);. The van der Waals surface area contributed by atoms with Crippen LogP contribution >= 0.6 is 7.60 Å². The fraction of sp³-hybridized carbons (Fsp3) is 0.600. The van der Waals surface area contributed by atoms with Crippen LogP contribution in [0.1, 0.15) is 58.2 Å². The summed E-state index contributed by atoms with van der Waals surface area (Å²) in [6.45, 7) is 11.8. The van der Waals surface area contributed by atoms with Crippen LogP contribution in [0, 0.1) is 0 Å². The Morgan fingerprint density at radius 2 is 1.29 bits per heavy atom. The SMILES string of the molecule is CC(C)(C)c1cc(CP(=O)(O)O)cc(C(C)(C)C)c1O.[K]. The molecular formula is C15H25KO4P. The summed E-state index contributed by atoms with van der Waals surface area (Å²) < 4.78 is 11.2. The summed E-state index contributed by atoms with van der Waals surface area (Å²) in [4.78, 5) is 18.4. The molecule has 1 rings (SSSR count). The van der Waals surface area contributed by atoms with Gasteiger partial charge in [-0.1, -0.05) is 53.7 Å². The summed E-state index contributed by atoms with van der Waals surface area (Å²) in [5, 5.41) is 10.5. The second-order valence-electron chi connectivity index (χ2n) is 7.36. The van der Waals surface area contributed by atoms with E-state index in [9.17, 15) is 19.5 Å². The van der Waals surface area contributed by atoms with Crippen molar-refractivity contribution in [1.82, 2.24) is 0 Å². The van der Waals surface area contributed by atoms with Crippen LogP contribution in [0.15, 0.2) is 12.1 Å². The predicted molar refractivity (Wildman–Crippen MR) is 87.0 cm³/mol. The number of hydrogen-bond donors (Lipinski definition) is 3. The minimum absolute atomic E-state index is 0. The van der Waals surface area contributed by atoms with Gasteiger partial charge >= 0.3 is 7.60 Å². The minimum atomic E-state index is -4.13. The first-order chi connectivity index (χ1) is 8.72.